The Morgan fingerprint density at radius 2 is 1.12 bits per heavy atom. The third-order valence-corrected chi connectivity index (χ3v) is 5.55. The Kier molecular flexibility index (Phi) is 7.87. The molecule has 0 heterocycles. The molecule has 0 amide bonds. The lowest BCUT2D eigenvalue weighted by Crippen LogP contribution is -2.48. The van der Waals surface area contributed by atoms with Crippen LogP contribution in [0.25, 0.3) is 0 Å². The molecule has 0 nitrogen and oxygen atoms in total. The highest BCUT2D eigenvalue weighted by Gasteiger charge is 2.59. The van der Waals surface area contributed by atoms with E-state index in [-0.39, 0.29) is 0 Å². The molecule has 0 saturated carbocycles. The molecule has 0 atom stereocenters. The summed E-state index contributed by atoms with van der Waals surface area (Å²) < 4.78 is -3.65. The van der Waals surface area contributed by atoms with E-state index in [0.29, 0.717) is 6.42 Å². The van der Waals surface area contributed by atoms with Gasteiger partial charge in [0.05, 0.1) is 0 Å². The van der Waals surface area contributed by atoms with E-state index in [1.807, 2.05) is 0 Å². The van der Waals surface area contributed by atoms with E-state index in [1.54, 1.807) is 0 Å². The normalized spacial score (nSPS) is 14.2. The van der Waals surface area contributed by atoms with Gasteiger partial charge in [-0.05, 0) is 6.42 Å². The van der Waals surface area contributed by atoms with Gasteiger partial charge in [0.2, 0.25) is 7.59 Å². The fraction of sp³-hybridized carbons (Fsp3) is 1.00. The second-order valence-electron chi connectivity index (χ2n) is 3.61. The smallest absolute Gasteiger partial charge is 0.110 e. The summed E-state index contributed by atoms with van der Waals surface area (Å²) in [5.41, 5.74) is 0. The summed E-state index contributed by atoms with van der Waals surface area (Å²) in [4.78, 5) is -1.51. The lowest BCUT2D eigenvalue weighted by atomic mass is 10.0. The van der Waals surface area contributed by atoms with Crippen molar-refractivity contribution >= 4 is 81.2 Å². The Hall–Kier alpha value is 2.03. The summed E-state index contributed by atoms with van der Waals surface area (Å²) in [6, 6.07) is 0. The monoisotopic (exact) mass is 366 g/mol. The number of hydrogen-bond acceptors (Lipinski definition) is 0. The topological polar surface area (TPSA) is 0 Å². The number of halogens is 7. The molecule has 16 heavy (non-hydrogen) atoms. The van der Waals surface area contributed by atoms with Gasteiger partial charge in [-0.2, -0.15) is 0 Å². The number of alkyl halides is 7. The van der Waals surface area contributed by atoms with Gasteiger partial charge in [0.25, 0.3) is 0 Å². The van der Waals surface area contributed by atoms with E-state index in [0.717, 1.165) is 25.7 Å². The Morgan fingerprint density at radius 3 is 1.44 bits per heavy atom. The summed E-state index contributed by atoms with van der Waals surface area (Å²) in [6.45, 7) is 2.10. The Bertz CT molecular complexity index is 189. The predicted octanol–water partition coefficient (Wildman–Crippen LogP) is 6.67. The highest BCUT2D eigenvalue weighted by molar-refractivity contribution is 6.77. The molecule has 0 radical (unpaired) electrons. The van der Waals surface area contributed by atoms with Gasteiger partial charge < -0.3 is 0 Å². The SMILES string of the molecule is CCCCCCC(Cl)(C(Cl)(Cl)Cl)C(Cl)(Cl)Cl. The zero-order valence-electron chi connectivity index (χ0n) is 8.68. The Labute approximate surface area is 132 Å². The minimum absolute atomic E-state index is 0.335. The van der Waals surface area contributed by atoms with Crippen molar-refractivity contribution in [2.75, 3.05) is 0 Å². The van der Waals surface area contributed by atoms with Crippen molar-refractivity contribution in [3.05, 3.63) is 0 Å². The minimum Gasteiger partial charge on any atom is -0.110 e. The fourth-order valence-corrected chi connectivity index (χ4v) is 3.23. The maximum atomic E-state index is 6.18. The summed E-state index contributed by atoms with van der Waals surface area (Å²) in [5.74, 6) is 0. The number of hydrogen-bond donors (Lipinski definition) is 0. The van der Waals surface area contributed by atoms with Crippen LogP contribution < -0.4 is 0 Å². The largest absolute Gasteiger partial charge is 0.213 e. The van der Waals surface area contributed by atoms with Crippen molar-refractivity contribution in [1.29, 1.82) is 0 Å². The highest BCUT2D eigenvalue weighted by atomic mass is 35.6. The van der Waals surface area contributed by atoms with Crippen LogP contribution in [0.15, 0.2) is 0 Å². The van der Waals surface area contributed by atoms with Gasteiger partial charge in [0, 0.05) is 0 Å². The first-order valence-electron chi connectivity index (χ1n) is 4.88. The zero-order valence-corrected chi connectivity index (χ0v) is 14.0. The van der Waals surface area contributed by atoms with Crippen molar-refractivity contribution in [2.24, 2.45) is 0 Å². The van der Waals surface area contributed by atoms with Crippen molar-refractivity contribution in [2.45, 2.75) is 51.5 Å². The van der Waals surface area contributed by atoms with Crippen LogP contribution in [0.1, 0.15) is 39.0 Å². The molecule has 0 aromatic rings. The third kappa shape index (κ3) is 4.96. The van der Waals surface area contributed by atoms with E-state index in [4.69, 9.17) is 81.2 Å². The Balaban J connectivity index is 4.59. The molecule has 0 bridgehead atoms. The Morgan fingerprint density at radius 1 is 0.688 bits per heavy atom. The average molecular weight is 369 g/mol. The highest BCUT2D eigenvalue weighted by Crippen LogP contribution is 2.57. The van der Waals surface area contributed by atoms with Gasteiger partial charge in [-0.1, -0.05) is 102 Å². The van der Waals surface area contributed by atoms with Gasteiger partial charge in [0.15, 0.2) is 0 Å². The van der Waals surface area contributed by atoms with Gasteiger partial charge in [-0.15, -0.1) is 11.6 Å². The van der Waals surface area contributed by atoms with Crippen molar-refractivity contribution in [1.82, 2.24) is 0 Å². The van der Waals surface area contributed by atoms with E-state index in [2.05, 4.69) is 6.92 Å². The molecule has 0 aliphatic rings. The van der Waals surface area contributed by atoms with Crippen LogP contribution in [0.3, 0.4) is 0 Å². The van der Waals surface area contributed by atoms with Crippen LogP contribution in [-0.4, -0.2) is 12.5 Å². The maximum Gasteiger partial charge on any atom is 0.213 e. The maximum absolute atomic E-state index is 6.18. The average Bonchev–Trinajstić information content (AvgIpc) is 2.08. The van der Waals surface area contributed by atoms with Crippen LogP contribution in [0.5, 0.6) is 0 Å². The molecule has 0 N–H and O–H groups in total. The molecular weight excluding hydrogens is 356 g/mol. The summed E-state index contributed by atoms with van der Waals surface area (Å²) in [5, 5.41) is 0. The molecule has 0 aliphatic carbocycles. The molecule has 0 aromatic carbocycles. The first-order chi connectivity index (χ1) is 7.06. The zero-order chi connectivity index (χ0) is 13.0. The van der Waals surface area contributed by atoms with E-state index < -0.39 is 12.5 Å². The fourth-order valence-electron chi connectivity index (χ4n) is 1.24. The number of rotatable bonds is 5. The lowest BCUT2D eigenvalue weighted by Gasteiger charge is -2.39. The standard InChI is InChI=1S/C9H13Cl7/c1-2-3-4-5-6-7(10,8(11,12)13)9(14,15)16/h2-6H2,1H3. The number of unbranched alkanes of at least 4 members (excludes halogenated alkanes) is 3. The molecule has 0 fully saturated rings. The van der Waals surface area contributed by atoms with Crippen LogP contribution in [0, 0.1) is 0 Å². The van der Waals surface area contributed by atoms with Crippen LogP contribution in [0.2, 0.25) is 0 Å². The van der Waals surface area contributed by atoms with E-state index in [9.17, 15) is 0 Å². The lowest BCUT2D eigenvalue weighted by molar-refractivity contribution is 0.500. The molecular formula is C9H13Cl7. The van der Waals surface area contributed by atoms with Crippen LogP contribution in [0.4, 0.5) is 0 Å². The van der Waals surface area contributed by atoms with Gasteiger partial charge in [-0.25, -0.2) is 0 Å². The summed E-state index contributed by atoms with van der Waals surface area (Å²) in [6.07, 6.45) is 4.22. The third-order valence-electron chi connectivity index (χ3n) is 2.27. The molecule has 98 valence electrons. The minimum atomic E-state index is -1.83. The van der Waals surface area contributed by atoms with Gasteiger partial charge in [0.1, 0.15) is 4.87 Å². The van der Waals surface area contributed by atoms with Crippen molar-refractivity contribution in [3.8, 4) is 0 Å². The van der Waals surface area contributed by atoms with E-state index in [1.165, 1.54) is 0 Å². The van der Waals surface area contributed by atoms with Crippen LogP contribution in [-0.2, 0) is 0 Å². The van der Waals surface area contributed by atoms with Crippen molar-refractivity contribution in [3.63, 3.8) is 0 Å². The van der Waals surface area contributed by atoms with Crippen molar-refractivity contribution < 1.29 is 0 Å². The molecule has 0 spiro atoms. The van der Waals surface area contributed by atoms with Crippen LogP contribution >= 0.6 is 81.2 Å². The molecule has 0 aliphatic heterocycles. The molecule has 0 unspecified atom stereocenters. The second kappa shape index (κ2) is 6.98. The summed E-state index contributed by atoms with van der Waals surface area (Å²) >= 11 is 40.9. The van der Waals surface area contributed by atoms with Gasteiger partial charge >= 0.3 is 0 Å². The molecule has 0 rings (SSSR count). The first-order valence-corrected chi connectivity index (χ1v) is 7.53. The quantitative estimate of drug-likeness (QED) is 0.375. The summed E-state index contributed by atoms with van der Waals surface area (Å²) in [7, 11) is 0. The van der Waals surface area contributed by atoms with E-state index >= 15 is 0 Å². The molecule has 7 heteroatoms. The predicted molar refractivity (Wildman–Crippen MR) is 77.9 cm³/mol. The van der Waals surface area contributed by atoms with Gasteiger partial charge in [-0.3, -0.25) is 0 Å². The molecule has 0 aromatic heterocycles. The first kappa shape index (κ1) is 18.0. The molecule has 0 saturated heterocycles. The second-order valence-corrected chi connectivity index (χ2v) is 8.82.